The minimum atomic E-state index is 0.00610. The van der Waals surface area contributed by atoms with Crippen LogP contribution in [0.2, 0.25) is 0 Å². The molecule has 5 heteroatoms. The standard InChI is InChI=1S/C21H26N4O/c1-14(2)13-24(5)21(26)17-11-19(16-9-7-6-8-10-16)23-20-18(17)12-22-25(20)15(3)4/h6-12,14-15H,13H2,1-5H3. The van der Waals surface area contributed by atoms with Crippen molar-refractivity contribution in [2.24, 2.45) is 5.92 Å². The molecule has 0 N–H and O–H groups in total. The second kappa shape index (κ2) is 7.28. The molecule has 1 amide bonds. The van der Waals surface area contributed by atoms with Crippen molar-refractivity contribution in [2.45, 2.75) is 33.7 Å². The van der Waals surface area contributed by atoms with Gasteiger partial charge in [0.1, 0.15) is 0 Å². The molecule has 0 spiro atoms. The largest absolute Gasteiger partial charge is 0.341 e. The maximum Gasteiger partial charge on any atom is 0.254 e. The molecular weight excluding hydrogens is 324 g/mol. The van der Waals surface area contributed by atoms with Crippen molar-refractivity contribution in [2.75, 3.05) is 13.6 Å². The van der Waals surface area contributed by atoms with Crippen molar-refractivity contribution in [3.63, 3.8) is 0 Å². The van der Waals surface area contributed by atoms with Gasteiger partial charge in [-0.2, -0.15) is 5.10 Å². The van der Waals surface area contributed by atoms with Gasteiger partial charge < -0.3 is 4.90 Å². The average Bonchev–Trinajstić information content (AvgIpc) is 3.04. The van der Waals surface area contributed by atoms with Crippen molar-refractivity contribution in [3.05, 3.63) is 48.2 Å². The van der Waals surface area contributed by atoms with Gasteiger partial charge in [0.2, 0.25) is 0 Å². The van der Waals surface area contributed by atoms with Crippen molar-refractivity contribution < 1.29 is 4.79 Å². The second-order valence-corrected chi connectivity index (χ2v) is 7.42. The molecule has 0 bridgehead atoms. The normalized spacial score (nSPS) is 11.5. The highest BCUT2D eigenvalue weighted by Crippen LogP contribution is 2.27. The Morgan fingerprint density at radius 2 is 1.85 bits per heavy atom. The van der Waals surface area contributed by atoms with E-state index >= 15 is 0 Å². The minimum absolute atomic E-state index is 0.00610. The van der Waals surface area contributed by atoms with Crippen LogP contribution >= 0.6 is 0 Å². The maximum absolute atomic E-state index is 13.1. The van der Waals surface area contributed by atoms with Gasteiger partial charge in [-0.15, -0.1) is 0 Å². The third-order valence-electron chi connectivity index (χ3n) is 4.34. The van der Waals surface area contributed by atoms with Crippen LogP contribution in [-0.4, -0.2) is 39.2 Å². The van der Waals surface area contributed by atoms with Crippen molar-refractivity contribution in [1.29, 1.82) is 0 Å². The van der Waals surface area contributed by atoms with Gasteiger partial charge in [-0.3, -0.25) is 4.79 Å². The zero-order chi connectivity index (χ0) is 18.8. The summed E-state index contributed by atoms with van der Waals surface area (Å²) in [6.45, 7) is 9.06. The first-order valence-electron chi connectivity index (χ1n) is 9.07. The van der Waals surface area contributed by atoms with Crippen molar-refractivity contribution in [3.8, 4) is 11.3 Å². The Bertz CT molecular complexity index is 912. The zero-order valence-corrected chi connectivity index (χ0v) is 16.1. The van der Waals surface area contributed by atoms with E-state index in [2.05, 4.69) is 32.8 Å². The molecule has 1 aromatic carbocycles. The van der Waals surface area contributed by atoms with E-state index in [1.54, 1.807) is 11.1 Å². The number of fused-ring (bicyclic) bond motifs is 1. The summed E-state index contributed by atoms with van der Waals surface area (Å²) in [4.78, 5) is 19.7. The van der Waals surface area contributed by atoms with Gasteiger partial charge in [-0.1, -0.05) is 44.2 Å². The number of pyridine rings is 1. The van der Waals surface area contributed by atoms with E-state index in [4.69, 9.17) is 4.98 Å². The molecular formula is C21H26N4O. The van der Waals surface area contributed by atoms with Gasteiger partial charge in [0.05, 0.1) is 22.8 Å². The van der Waals surface area contributed by atoms with E-state index in [9.17, 15) is 4.79 Å². The van der Waals surface area contributed by atoms with Gasteiger partial charge in [0.15, 0.2) is 5.65 Å². The smallest absolute Gasteiger partial charge is 0.254 e. The molecule has 5 nitrogen and oxygen atoms in total. The summed E-state index contributed by atoms with van der Waals surface area (Å²) in [5.41, 5.74) is 3.19. The van der Waals surface area contributed by atoms with Crippen LogP contribution in [0.5, 0.6) is 0 Å². The predicted molar refractivity (Wildman–Crippen MR) is 105 cm³/mol. The Labute approximate surface area is 154 Å². The van der Waals surface area contributed by atoms with Crippen LogP contribution in [0.15, 0.2) is 42.6 Å². The molecule has 0 aliphatic carbocycles. The quantitative estimate of drug-likeness (QED) is 0.685. The van der Waals surface area contributed by atoms with E-state index < -0.39 is 0 Å². The monoisotopic (exact) mass is 350 g/mol. The molecule has 2 heterocycles. The second-order valence-electron chi connectivity index (χ2n) is 7.42. The Hall–Kier alpha value is -2.69. The molecule has 0 aliphatic heterocycles. The van der Waals surface area contributed by atoms with Crippen LogP contribution in [-0.2, 0) is 0 Å². The Morgan fingerprint density at radius 3 is 2.46 bits per heavy atom. The van der Waals surface area contributed by atoms with Gasteiger partial charge in [0.25, 0.3) is 5.91 Å². The lowest BCUT2D eigenvalue weighted by molar-refractivity contribution is 0.0781. The maximum atomic E-state index is 13.1. The number of carbonyl (C=O) groups is 1. The van der Waals surface area contributed by atoms with Gasteiger partial charge >= 0.3 is 0 Å². The summed E-state index contributed by atoms with van der Waals surface area (Å²) in [5.74, 6) is 0.417. The topological polar surface area (TPSA) is 51.0 Å². The molecule has 0 unspecified atom stereocenters. The number of benzene rings is 1. The molecule has 2 aromatic heterocycles. The Balaban J connectivity index is 2.19. The lowest BCUT2D eigenvalue weighted by atomic mass is 10.1. The van der Waals surface area contributed by atoms with Crippen LogP contribution < -0.4 is 0 Å². The molecule has 136 valence electrons. The van der Waals surface area contributed by atoms with E-state index in [-0.39, 0.29) is 11.9 Å². The number of hydrogen-bond acceptors (Lipinski definition) is 3. The summed E-state index contributed by atoms with van der Waals surface area (Å²) in [6, 6.07) is 12.0. The Kier molecular flexibility index (Phi) is 5.07. The number of amides is 1. The molecule has 0 fully saturated rings. The van der Waals surface area contributed by atoms with Crippen LogP contribution in [0.1, 0.15) is 44.1 Å². The van der Waals surface area contributed by atoms with E-state index in [1.807, 2.05) is 48.1 Å². The summed E-state index contributed by atoms with van der Waals surface area (Å²) in [7, 11) is 1.85. The lowest BCUT2D eigenvalue weighted by Gasteiger charge is -2.20. The highest BCUT2D eigenvalue weighted by molar-refractivity contribution is 6.06. The first-order chi connectivity index (χ1) is 12.4. The molecule has 3 aromatic rings. The summed E-state index contributed by atoms with van der Waals surface area (Å²) in [5, 5.41) is 5.28. The fourth-order valence-electron chi connectivity index (χ4n) is 3.17. The number of aromatic nitrogens is 3. The van der Waals surface area contributed by atoms with E-state index in [0.29, 0.717) is 18.0 Å². The number of carbonyl (C=O) groups excluding carboxylic acids is 1. The first-order valence-corrected chi connectivity index (χ1v) is 9.07. The summed E-state index contributed by atoms with van der Waals surface area (Å²) in [6.07, 6.45) is 1.76. The molecule has 0 saturated heterocycles. The van der Waals surface area contributed by atoms with E-state index in [0.717, 1.165) is 22.3 Å². The Morgan fingerprint density at radius 1 is 1.15 bits per heavy atom. The third-order valence-corrected chi connectivity index (χ3v) is 4.34. The van der Waals surface area contributed by atoms with Crippen LogP contribution in [0.3, 0.4) is 0 Å². The SMILES string of the molecule is CC(C)CN(C)C(=O)c1cc(-c2ccccc2)nc2c1cnn2C(C)C. The molecule has 26 heavy (non-hydrogen) atoms. The molecule has 3 rings (SSSR count). The van der Waals surface area contributed by atoms with Gasteiger partial charge in [0, 0.05) is 25.2 Å². The molecule has 0 atom stereocenters. The fourth-order valence-corrected chi connectivity index (χ4v) is 3.17. The summed E-state index contributed by atoms with van der Waals surface area (Å²) < 4.78 is 1.88. The zero-order valence-electron chi connectivity index (χ0n) is 16.1. The van der Waals surface area contributed by atoms with Gasteiger partial charge in [-0.25, -0.2) is 9.67 Å². The van der Waals surface area contributed by atoms with Crippen LogP contribution in [0.25, 0.3) is 22.3 Å². The molecule has 0 aliphatic rings. The van der Waals surface area contributed by atoms with Crippen molar-refractivity contribution in [1.82, 2.24) is 19.7 Å². The van der Waals surface area contributed by atoms with Crippen LogP contribution in [0.4, 0.5) is 0 Å². The number of nitrogens with zero attached hydrogens (tertiary/aromatic N) is 4. The summed E-state index contributed by atoms with van der Waals surface area (Å²) >= 11 is 0. The van der Waals surface area contributed by atoms with E-state index in [1.165, 1.54) is 0 Å². The van der Waals surface area contributed by atoms with Crippen LogP contribution in [0, 0.1) is 5.92 Å². The number of hydrogen-bond donors (Lipinski definition) is 0. The van der Waals surface area contributed by atoms with Gasteiger partial charge in [-0.05, 0) is 25.8 Å². The highest BCUT2D eigenvalue weighted by atomic mass is 16.2. The fraction of sp³-hybridized carbons (Fsp3) is 0.381. The predicted octanol–water partition coefficient (Wildman–Crippen LogP) is 4.41. The lowest BCUT2D eigenvalue weighted by Crippen LogP contribution is -2.30. The molecule has 0 radical (unpaired) electrons. The van der Waals surface area contributed by atoms with Crippen molar-refractivity contribution >= 4 is 16.9 Å². The highest BCUT2D eigenvalue weighted by Gasteiger charge is 2.21. The average molecular weight is 350 g/mol. The first kappa shape index (κ1) is 18.1. The molecule has 0 saturated carbocycles. The minimum Gasteiger partial charge on any atom is -0.341 e. The third kappa shape index (κ3) is 3.47. The number of rotatable bonds is 5.